The lowest BCUT2D eigenvalue weighted by atomic mass is 9.88. The fourth-order valence-electron chi connectivity index (χ4n) is 10.3. The molecule has 0 atom stereocenters. The van der Waals surface area contributed by atoms with Crippen LogP contribution in [0.2, 0.25) is 0 Å². The summed E-state index contributed by atoms with van der Waals surface area (Å²) in [5, 5.41) is 10.7. The van der Waals surface area contributed by atoms with Crippen LogP contribution >= 0.6 is 0 Å². The van der Waals surface area contributed by atoms with Crippen LogP contribution in [0.1, 0.15) is 17.5 Å². The molecule has 3 nitrogen and oxygen atoms in total. The zero-order valence-electron chi connectivity index (χ0n) is 36.1. The Bertz CT molecular complexity index is 3910. The van der Waals surface area contributed by atoms with E-state index in [9.17, 15) is 0 Å². The molecule has 2 heterocycles. The van der Waals surface area contributed by atoms with Gasteiger partial charge in [-0.3, -0.25) is 0 Å². The zero-order chi connectivity index (χ0) is 43.6. The maximum absolute atomic E-state index is 5.48. The molecule has 308 valence electrons. The van der Waals surface area contributed by atoms with Gasteiger partial charge in [-0.05, 0) is 103 Å². The third kappa shape index (κ3) is 6.39. The molecule has 0 bridgehead atoms. The number of allylic oxidation sites excluding steroid dienone is 1. The van der Waals surface area contributed by atoms with Crippen molar-refractivity contribution >= 4 is 60.1 Å². The van der Waals surface area contributed by atoms with E-state index in [0.29, 0.717) is 0 Å². The molecule has 66 heavy (non-hydrogen) atoms. The van der Waals surface area contributed by atoms with Crippen molar-refractivity contribution in [1.82, 2.24) is 15.0 Å². The SMILES string of the molecule is C1=Cc2c(cc(-c3cc(-c4ccc(-c5ccc(-c6cccc7c(-c8ccccc8)nc8ccccc8c67)cc5)cc4)nc(-c4cc5ccccc5c5ccccc45)n3)c3ccccc23)CC1. The highest BCUT2D eigenvalue weighted by molar-refractivity contribution is 6.17. The minimum absolute atomic E-state index is 0.721. The fourth-order valence-corrected chi connectivity index (χ4v) is 10.3. The van der Waals surface area contributed by atoms with Crippen LogP contribution in [0.4, 0.5) is 0 Å². The van der Waals surface area contributed by atoms with Gasteiger partial charge in [0, 0.05) is 38.4 Å². The van der Waals surface area contributed by atoms with Crippen LogP contribution in [0.15, 0.2) is 218 Å². The van der Waals surface area contributed by atoms with Gasteiger partial charge in [-0.15, -0.1) is 0 Å². The fraction of sp³-hybridized carbons (Fsp3) is 0.0317. The van der Waals surface area contributed by atoms with Crippen LogP contribution in [0.5, 0.6) is 0 Å². The third-order valence-electron chi connectivity index (χ3n) is 13.5. The molecule has 0 unspecified atom stereocenters. The van der Waals surface area contributed by atoms with Crippen LogP contribution in [0, 0.1) is 0 Å². The molecule has 1 aliphatic rings. The van der Waals surface area contributed by atoms with E-state index in [-0.39, 0.29) is 0 Å². The molecule has 0 radical (unpaired) electrons. The first kappa shape index (κ1) is 38.0. The summed E-state index contributed by atoms with van der Waals surface area (Å²) in [6.07, 6.45) is 6.64. The van der Waals surface area contributed by atoms with E-state index in [2.05, 4.69) is 224 Å². The van der Waals surface area contributed by atoms with Crippen molar-refractivity contribution in [2.24, 2.45) is 0 Å². The molecule has 1 aliphatic carbocycles. The molecule has 0 fully saturated rings. The van der Waals surface area contributed by atoms with Crippen molar-refractivity contribution in [3.8, 4) is 67.4 Å². The molecule has 2 aromatic heterocycles. The highest BCUT2D eigenvalue weighted by Gasteiger charge is 2.20. The van der Waals surface area contributed by atoms with Gasteiger partial charge in [-0.25, -0.2) is 15.0 Å². The van der Waals surface area contributed by atoms with E-state index < -0.39 is 0 Å². The van der Waals surface area contributed by atoms with Gasteiger partial charge in [0.15, 0.2) is 5.82 Å². The summed E-state index contributed by atoms with van der Waals surface area (Å²) in [6, 6.07) is 76.3. The average molecular weight is 840 g/mol. The topological polar surface area (TPSA) is 38.7 Å². The Labute approximate surface area is 383 Å². The van der Waals surface area contributed by atoms with Crippen LogP contribution in [-0.4, -0.2) is 15.0 Å². The Kier molecular flexibility index (Phi) is 8.99. The minimum Gasteiger partial charge on any atom is -0.247 e. The maximum Gasteiger partial charge on any atom is 0.161 e. The van der Waals surface area contributed by atoms with Crippen LogP contribution < -0.4 is 0 Å². The quantitative estimate of drug-likeness (QED) is 0.157. The monoisotopic (exact) mass is 839 g/mol. The predicted molar refractivity (Wildman–Crippen MR) is 277 cm³/mol. The number of benzene rings is 10. The normalized spacial score (nSPS) is 12.4. The van der Waals surface area contributed by atoms with E-state index in [1.54, 1.807) is 0 Å². The lowest BCUT2D eigenvalue weighted by Gasteiger charge is -2.18. The van der Waals surface area contributed by atoms with Crippen molar-refractivity contribution in [3.05, 3.63) is 230 Å². The Balaban J connectivity index is 0.922. The predicted octanol–water partition coefficient (Wildman–Crippen LogP) is 16.6. The summed E-state index contributed by atoms with van der Waals surface area (Å²) < 4.78 is 0. The first-order valence-corrected chi connectivity index (χ1v) is 22.8. The number of hydrogen-bond donors (Lipinski definition) is 0. The Morgan fingerprint density at radius 3 is 1.74 bits per heavy atom. The van der Waals surface area contributed by atoms with E-state index in [4.69, 9.17) is 15.0 Å². The van der Waals surface area contributed by atoms with E-state index in [1.165, 1.54) is 54.6 Å². The van der Waals surface area contributed by atoms with Gasteiger partial charge in [0.1, 0.15) is 0 Å². The van der Waals surface area contributed by atoms with Gasteiger partial charge in [-0.1, -0.05) is 200 Å². The molecular formula is C63H41N3. The van der Waals surface area contributed by atoms with Gasteiger partial charge in [-0.2, -0.15) is 0 Å². The standard InChI is InChI=1S/C63H41N3/c1-2-15-44(16-3-1)62-55-27-14-26-49(61(55)54-25-12-13-28-58(54)64-62)42-33-29-40(30-34-42)41-31-35-43(36-32-41)59-39-60(56-37-45-17-4-6-19-47(45)50-21-8-10-23-52(50)56)66-63(65-59)57-38-46-18-5-7-20-48(46)51-22-9-11-24-53(51)57/h1-3,5-16,18-39H,4,17H2. The smallest absolute Gasteiger partial charge is 0.161 e. The van der Waals surface area contributed by atoms with Crippen LogP contribution in [0.3, 0.4) is 0 Å². The van der Waals surface area contributed by atoms with Gasteiger partial charge >= 0.3 is 0 Å². The van der Waals surface area contributed by atoms with E-state index >= 15 is 0 Å². The first-order valence-electron chi connectivity index (χ1n) is 22.8. The van der Waals surface area contributed by atoms with Crippen molar-refractivity contribution in [1.29, 1.82) is 0 Å². The second kappa shape index (κ2) is 15.6. The molecule has 13 rings (SSSR count). The Hall–Kier alpha value is -8.53. The van der Waals surface area contributed by atoms with E-state index in [0.717, 1.165) is 90.8 Å². The number of rotatable bonds is 6. The summed E-state index contributed by atoms with van der Waals surface area (Å²) in [4.78, 5) is 16.1. The van der Waals surface area contributed by atoms with Gasteiger partial charge in [0.25, 0.3) is 0 Å². The lowest BCUT2D eigenvalue weighted by Crippen LogP contribution is -2.00. The third-order valence-corrected chi connectivity index (χ3v) is 13.5. The Morgan fingerprint density at radius 1 is 0.348 bits per heavy atom. The molecular weight excluding hydrogens is 799 g/mol. The first-order chi connectivity index (χ1) is 32.7. The summed E-state index contributed by atoms with van der Waals surface area (Å²) >= 11 is 0. The average Bonchev–Trinajstić information content (AvgIpc) is 3.40. The number of aryl methyl sites for hydroxylation is 1. The summed E-state index contributed by atoms with van der Waals surface area (Å²) in [7, 11) is 0. The summed E-state index contributed by atoms with van der Waals surface area (Å²) in [5.41, 5.74) is 15.5. The van der Waals surface area contributed by atoms with Crippen molar-refractivity contribution < 1.29 is 0 Å². The molecule has 0 amide bonds. The molecule has 3 heteroatoms. The summed E-state index contributed by atoms with van der Waals surface area (Å²) in [6.45, 7) is 0. The highest BCUT2D eigenvalue weighted by Crippen LogP contribution is 2.42. The van der Waals surface area contributed by atoms with Crippen molar-refractivity contribution in [2.75, 3.05) is 0 Å². The minimum atomic E-state index is 0.721. The van der Waals surface area contributed by atoms with Gasteiger partial charge < -0.3 is 0 Å². The van der Waals surface area contributed by atoms with Crippen molar-refractivity contribution in [3.63, 3.8) is 0 Å². The summed E-state index contributed by atoms with van der Waals surface area (Å²) in [5.74, 6) is 0.721. The van der Waals surface area contributed by atoms with Crippen molar-refractivity contribution in [2.45, 2.75) is 12.8 Å². The van der Waals surface area contributed by atoms with Crippen LogP contribution in [0.25, 0.3) is 127 Å². The molecule has 0 N–H and O–H groups in total. The van der Waals surface area contributed by atoms with Gasteiger partial charge in [0.2, 0.25) is 0 Å². The largest absolute Gasteiger partial charge is 0.247 e. The second-order valence-corrected chi connectivity index (χ2v) is 17.4. The number of hydrogen-bond acceptors (Lipinski definition) is 3. The zero-order valence-corrected chi connectivity index (χ0v) is 36.1. The van der Waals surface area contributed by atoms with Gasteiger partial charge in [0.05, 0.1) is 22.6 Å². The molecule has 10 aromatic carbocycles. The molecule has 0 spiro atoms. The number of nitrogens with zero attached hydrogens (tertiary/aromatic N) is 3. The molecule has 0 saturated carbocycles. The maximum atomic E-state index is 5.48. The highest BCUT2D eigenvalue weighted by atomic mass is 14.9. The van der Waals surface area contributed by atoms with Crippen LogP contribution in [-0.2, 0) is 6.42 Å². The number of pyridine rings is 1. The molecule has 12 aromatic rings. The number of para-hydroxylation sites is 1. The second-order valence-electron chi connectivity index (χ2n) is 17.4. The number of aromatic nitrogens is 3. The molecule has 0 saturated heterocycles. The molecule has 0 aliphatic heterocycles. The van der Waals surface area contributed by atoms with E-state index in [1.807, 2.05) is 0 Å². The number of fused-ring (bicyclic) bond motifs is 9. The Morgan fingerprint density at radius 2 is 0.955 bits per heavy atom. The lowest BCUT2D eigenvalue weighted by molar-refractivity contribution is 0.990.